The lowest BCUT2D eigenvalue weighted by Gasteiger charge is -2.13. The molecule has 156 valence electrons. The molecule has 0 spiro atoms. The number of anilines is 3. The van der Waals surface area contributed by atoms with Crippen molar-refractivity contribution in [2.24, 2.45) is 0 Å². The van der Waals surface area contributed by atoms with Crippen LogP contribution in [0.15, 0.2) is 55.8 Å². The number of nitriles is 1. The molecule has 4 heterocycles. The van der Waals surface area contributed by atoms with Gasteiger partial charge in [-0.2, -0.15) is 20.0 Å². The van der Waals surface area contributed by atoms with Crippen LogP contribution in [0.1, 0.15) is 18.5 Å². The Bertz CT molecular complexity index is 1390. The molecule has 4 aromatic heterocycles. The van der Waals surface area contributed by atoms with E-state index in [9.17, 15) is 5.26 Å². The van der Waals surface area contributed by atoms with Crippen LogP contribution in [0.2, 0.25) is 0 Å². The molecule has 0 aliphatic heterocycles. The maximum atomic E-state index is 9.45. The summed E-state index contributed by atoms with van der Waals surface area (Å²) in [5.74, 6) is 0.565. The van der Waals surface area contributed by atoms with Gasteiger partial charge in [0.2, 0.25) is 0 Å². The zero-order valence-electron chi connectivity index (χ0n) is 16.7. The maximum absolute atomic E-state index is 9.45. The molecule has 0 bridgehead atoms. The molecule has 1 aromatic carbocycles. The highest BCUT2D eigenvalue weighted by Crippen LogP contribution is 2.30. The summed E-state index contributed by atoms with van der Waals surface area (Å²) in [5.41, 5.74) is 4.15. The van der Waals surface area contributed by atoms with Crippen molar-refractivity contribution in [1.82, 2.24) is 44.1 Å². The van der Waals surface area contributed by atoms with Crippen molar-refractivity contribution in [3.05, 3.63) is 61.5 Å². The SMILES string of the molecule is N#Cc1cnc2c(NC3CC3)cc(Nc3cc(-n4cncn4)cc(-n4cncn4)c3)nn12. The molecule has 0 amide bonds. The van der Waals surface area contributed by atoms with E-state index in [-0.39, 0.29) is 0 Å². The van der Waals surface area contributed by atoms with E-state index in [1.54, 1.807) is 26.5 Å². The summed E-state index contributed by atoms with van der Waals surface area (Å²) in [4.78, 5) is 12.4. The lowest BCUT2D eigenvalue weighted by molar-refractivity contribution is 0.855. The number of hydrogen-bond acceptors (Lipinski definition) is 9. The lowest BCUT2D eigenvalue weighted by atomic mass is 10.2. The molecule has 32 heavy (non-hydrogen) atoms. The van der Waals surface area contributed by atoms with Crippen LogP contribution in [0.5, 0.6) is 0 Å². The molecule has 12 nitrogen and oxygen atoms in total. The molecule has 1 saturated carbocycles. The number of fused-ring (bicyclic) bond motifs is 1. The van der Waals surface area contributed by atoms with Crippen molar-refractivity contribution in [2.75, 3.05) is 10.6 Å². The summed E-state index contributed by atoms with van der Waals surface area (Å²) >= 11 is 0. The quantitative estimate of drug-likeness (QED) is 0.419. The Morgan fingerprint density at radius 1 is 0.969 bits per heavy atom. The van der Waals surface area contributed by atoms with E-state index >= 15 is 0 Å². The predicted octanol–water partition coefficient (Wildman–Crippen LogP) is 2.08. The highest BCUT2D eigenvalue weighted by Gasteiger charge is 2.23. The van der Waals surface area contributed by atoms with E-state index in [1.807, 2.05) is 24.3 Å². The van der Waals surface area contributed by atoms with E-state index in [0.717, 1.165) is 35.6 Å². The average Bonchev–Trinajstić information content (AvgIpc) is 3.26. The van der Waals surface area contributed by atoms with Gasteiger partial charge in [0, 0.05) is 17.8 Å². The van der Waals surface area contributed by atoms with E-state index in [1.165, 1.54) is 18.9 Å². The Labute approximate surface area is 181 Å². The molecule has 0 unspecified atom stereocenters. The zero-order valence-corrected chi connectivity index (χ0v) is 16.7. The second-order valence-electron chi connectivity index (χ2n) is 7.40. The number of benzene rings is 1. The van der Waals surface area contributed by atoms with Crippen molar-refractivity contribution in [3.63, 3.8) is 0 Å². The van der Waals surface area contributed by atoms with Crippen LogP contribution in [0.25, 0.3) is 17.0 Å². The van der Waals surface area contributed by atoms with Gasteiger partial charge < -0.3 is 10.6 Å². The van der Waals surface area contributed by atoms with E-state index in [2.05, 4.69) is 47.0 Å². The smallest absolute Gasteiger partial charge is 0.178 e. The first-order chi connectivity index (χ1) is 15.8. The topological polar surface area (TPSA) is 139 Å². The zero-order chi connectivity index (χ0) is 21.5. The summed E-state index contributed by atoms with van der Waals surface area (Å²) in [6, 6.07) is 10.2. The molecule has 0 radical (unpaired) electrons. The fraction of sp³-hybridized carbons (Fsp3) is 0.150. The van der Waals surface area contributed by atoms with Crippen LogP contribution in [0.4, 0.5) is 17.2 Å². The first kappa shape index (κ1) is 18.0. The van der Waals surface area contributed by atoms with Gasteiger partial charge in [-0.1, -0.05) is 0 Å². The van der Waals surface area contributed by atoms with Crippen molar-refractivity contribution in [2.45, 2.75) is 18.9 Å². The van der Waals surface area contributed by atoms with Crippen molar-refractivity contribution < 1.29 is 0 Å². The number of hydrogen-bond donors (Lipinski definition) is 2. The van der Waals surface area contributed by atoms with Crippen LogP contribution < -0.4 is 10.6 Å². The maximum Gasteiger partial charge on any atom is 0.178 e. The molecule has 6 rings (SSSR count). The summed E-state index contributed by atoms with van der Waals surface area (Å²) in [6.45, 7) is 0. The van der Waals surface area contributed by atoms with Gasteiger partial charge in [0.15, 0.2) is 17.2 Å². The van der Waals surface area contributed by atoms with E-state index in [0.29, 0.717) is 23.2 Å². The first-order valence-corrected chi connectivity index (χ1v) is 9.94. The number of aromatic nitrogens is 9. The van der Waals surface area contributed by atoms with Gasteiger partial charge in [0.25, 0.3) is 0 Å². The van der Waals surface area contributed by atoms with Crippen LogP contribution in [-0.2, 0) is 0 Å². The lowest BCUT2D eigenvalue weighted by Crippen LogP contribution is -2.08. The summed E-state index contributed by atoms with van der Waals surface area (Å²) in [5, 5.41) is 29.3. The molecule has 5 aromatic rings. The Hall–Kier alpha value is -4.79. The Morgan fingerprint density at radius 3 is 2.28 bits per heavy atom. The van der Waals surface area contributed by atoms with Crippen molar-refractivity contribution in [3.8, 4) is 17.4 Å². The average molecular weight is 424 g/mol. The molecule has 2 N–H and O–H groups in total. The normalized spacial score (nSPS) is 13.2. The van der Waals surface area contributed by atoms with Gasteiger partial charge in [-0.05, 0) is 31.0 Å². The second kappa shape index (κ2) is 7.17. The van der Waals surface area contributed by atoms with Crippen LogP contribution in [0.3, 0.4) is 0 Å². The predicted molar refractivity (Wildman–Crippen MR) is 114 cm³/mol. The molecule has 1 aliphatic rings. The van der Waals surface area contributed by atoms with Gasteiger partial charge >= 0.3 is 0 Å². The minimum Gasteiger partial charge on any atom is -0.379 e. The Kier molecular flexibility index (Phi) is 4.04. The summed E-state index contributed by atoms with van der Waals surface area (Å²) in [7, 11) is 0. The third-order valence-electron chi connectivity index (χ3n) is 5.06. The van der Waals surface area contributed by atoms with Gasteiger partial charge in [0.1, 0.15) is 31.4 Å². The Balaban J connectivity index is 1.44. The molecular weight excluding hydrogens is 408 g/mol. The number of nitrogens with one attached hydrogen (secondary N) is 2. The summed E-state index contributed by atoms with van der Waals surface area (Å²) < 4.78 is 4.87. The van der Waals surface area contributed by atoms with Gasteiger partial charge in [-0.25, -0.2) is 24.3 Å². The number of rotatable bonds is 6. The third-order valence-corrected chi connectivity index (χ3v) is 5.06. The molecule has 1 fully saturated rings. The van der Waals surface area contributed by atoms with Crippen molar-refractivity contribution in [1.29, 1.82) is 5.26 Å². The second-order valence-corrected chi connectivity index (χ2v) is 7.40. The van der Waals surface area contributed by atoms with E-state index < -0.39 is 0 Å². The van der Waals surface area contributed by atoms with Crippen molar-refractivity contribution >= 4 is 22.8 Å². The van der Waals surface area contributed by atoms with Crippen LogP contribution in [-0.4, -0.2) is 50.2 Å². The van der Waals surface area contributed by atoms with Gasteiger partial charge in [-0.3, -0.25) is 0 Å². The fourth-order valence-corrected chi connectivity index (χ4v) is 3.42. The molecule has 0 atom stereocenters. The van der Waals surface area contributed by atoms with Gasteiger partial charge in [0.05, 0.1) is 23.3 Å². The molecular formula is C20H16N12. The number of nitrogens with zero attached hydrogens (tertiary/aromatic N) is 10. The van der Waals surface area contributed by atoms with Gasteiger partial charge in [-0.15, -0.1) is 5.10 Å². The first-order valence-electron chi connectivity index (χ1n) is 9.94. The minimum absolute atomic E-state index is 0.363. The van der Waals surface area contributed by atoms with Crippen LogP contribution >= 0.6 is 0 Å². The fourth-order valence-electron chi connectivity index (χ4n) is 3.42. The minimum atomic E-state index is 0.363. The largest absolute Gasteiger partial charge is 0.379 e. The monoisotopic (exact) mass is 424 g/mol. The summed E-state index contributed by atoms with van der Waals surface area (Å²) in [6.07, 6.45) is 9.95. The number of imidazole rings is 1. The molecule has 12 heteroatoms. The Morgan fingerprint density at radius 2 is 1.69 bits per heavy atom. The highest BCUT2D eigenvalue weighted by molar-refractivity contribution is 5.74. The molecule has 0 saturated heterocycles. The highest BCUT2D eigenvalue weighted by atomic mass is 15.3. The standard InChI is InChI=1S/C20H16N12/c21-7-17-8-24-20-18(27-13-1-2-13)6-19(29-32(17)20)28-14-3-15(30-11-22-9-25-30)5-16(4-14)31-12-23-10-26-31/h3-6,8-13,27H,1-2H2,(H,28,29). The third kappa shape index (κ3) is 3.27. The van der Waals surface area contributed by atoms with E-state index in [4.69, 9.17) is 0 Å². The van der Waals surface area contributed by atoms with Crippen LogP contribution in [0, 0.1) is 11.3 Å². The molecule has 1 aliphatic carbocycles.